The Morgan fingerprint density at radius 1 is 1.14 bits per heavy atom. The molecule has 1 fully saturated rings. The van der Waals surface area contributed by atoms with Gasteiger partial charge in [-0.1, -0.05) is 25.0 Å². The molecule has 0 bridgehead atoms. The van der Waals surface area contributed by atoms with Crippen LogP contribution in [0.2, 0.25) is 0 Å². The fraction of sp³-hybridized carbons (Fsp3) is 0.562. The second-order valence-electron chi connectivity index (χ2n) is 5.58. The highest BCUT2D eigenvalue weighted by Crippen LogP contribution is 2.30. The third kappa shape index (κ3) is 3.60. The van der Waals surface area contributed by atoms with Gasteiger partial charge >= 0.3 is 6.03 Å². The number of carbonyl (C=O) groups excluding carboxylic acids is 1. The first-order valence-corrected chi connectivity index (χ1v) is 7.74. The zero-order chi connectivity index (χ0) is 14.5. The Morgan fingerprint density at radius 3 is 2.62 bits per heavy atom. The van der Waals surface area contributed by atoms with Gasteiger partial charge in [0.2, 0.25) is 0 Å². The number of ether oxygens (including phenoxy) is 2. The van der Waals surface area contributed by atoms with Crippen molar-refractivity contribution in [1.29, 1.82) is 0 Å². The van der Waals surface area contributed by atoms with Gasteiger partial charge in [-0.05, 0) is 25.0 Å². The van der Waals surface area contributed by atoms with Crippen molar-refractivity contribution in [3.63, 3.8) is 0 Å². The summed E-state index contributed by atoms with van der Waals surface area (Å²) >= 11 is 0. The van der Waals surface area contributed by atoms with Crippen LogP contribution < -0.4 is 14.8 Å². The number of para-hydroxylation sites is 2. The van der Waals surface area contributed by atoms with Crippen LogP contribution in [0.4, 0.5) is 4.79 Å². The van der Waals surface area contributed by atoms with Crippen LogP contribution in [0.5, 0.6) is 11.5 Å². The van der Waals surface area contributed by atoms with Crippen molar-refractivity contribution in [2.45, 2.75) is 31.8 Å². The van der Waals surface area contributed by atoms with Crippen molar-refractivity contribution in [3.05, 3.63) is 24.3 Å². The summed E-state index contributed by atoms with van der Waals surface area (Å²) in [5.74, 6) is 1.52. The van der Waals surface area contributed by atoms with Crippen LogP contribution in [0.25, 0.3) is 0 Å². The van der Waals surface area contributed by atoms with Crippen LogP contribution in [-0.4, -0.2) is 43.3 Å². The fourth-order valence-electron chi connectivity index (χ4n) is 2.75. The number of hydrogen-bond acceptors (Lipinski definition) is 3. The maximum absolute atomic E-state index is 12.2. The Morgan fingerprint density at radius 2 is 1.86 bits per heavy atom. The largest absolute Gasteiger partial charge is 0.486 e. The minimum atomic E-state index is -0.129. The molecule has 0 saturated carbocycles. The third-order valence-electron chi connectivity index (χ3n) is 3.94. The summed E-state index contributed by atoms with van der Waals surface area (Å²) in [6.07, 6.45) is 4.52. The molecule has 21 heavy (non-hydrogen) atoms. The van der Waals surface area contributed by atoms with Crippen LogP contribution in [0.15, 0.2) is 24.3 Å². The molecule has 0 spiro atoms. The average molecular weight is 290 g/mol. The molecule has 0 radical (unpaired) electrons. The number of carbonyl (C=O) groups is 1. The maximum atomic E-state index is 12.2. The van der Waals surface area contributed by atoms with Gasteiger partial charge in [0.15, 0.2) is 17.6 Å². The number of urea groups is 1. The van der Waals surface area contributed by atoms with Crippen molar-refractivity contribution in [2.24, 2.45) is 0 Å². The molecule has 2 aliphatic heterocycles. The first kappa shape index (κ1) is 14.0. The summed E-state index contributed by atoms with van der Waals surface area (Å²) in [7, 11) is 0. The predicted molar refractivity (Wildman–Crippen MR) is 79.8 cm³/mol. The van der Waals surface area contributed by atoms with Gasteiger partial charge in [0.1, 0.15) is 6.61 Å². The van der Waals surface area contributed by atoms with Gasteiger partial charge in [0, 0.05) is 13.1 Å². The van der Waals surface area contributed by atoms with E-state index in [4.69, 9.17) is 9.47 Å². The molecule has 1 atom stereocenters. The van der Waals surface area contributed by atoms with E-state index in [0.717, 1.165) is 37.4 Å². The average Bonchev–Trinajstić information content (AvgIpc) is 2.81. The molecular weight excluding hydrogens is 268 g/mol. The van der Waals surface area contributed by atoms with Gasteiger partial charge in [0.25, 0.3) is 0 Å². The molecule has 2 aliphatic rings. The number of nitrogens with zero attached hydrogens (tertiary/aromatic N) is 1. The summed E-state index contributed by atoms with van der Waals surface area (Å²) in [6.45, 7) is 2.66. The lowest BCUT2D eigenvalue weighted by Crippen LogP contribution is -2.46. The Hall–Kier alpha value is -1.91. The van der Waals surface area contributed by atoms with E-state index < -0.39 is 0 Å². The van der Waals surface area contributed by atoms with Crippen molar-refractivity contribution in [3.8, 4) is 11.5 Å². The minimum absolute atomic E-state index is 0.0133. The molecular formula is C16H22N2O3. The fourth-order valence-corrected chi connectivity index (χ4v) is 2.75. The zero-order valence-electron chi connectivity index (χ0n) is 12.2. The van der Waals surface area contributed by atoms with E-state index in [1.807, 2.05) is 29.2 Å². The van der Waals surface area contributed by atoms with Gasteiger partial charge < -0.3 is 19.7 Å². The molecule has 0 aliphatic carbocycles. The van der Waals surface area contributed by atoms with Crippen LogP contribution >= 0.6 is 0 Å². The van der Waals surface area contributed by atoms with Gasteiger partial charge in [-0.15, -0.1) is 0 Å². The first-order chi connectivity index (χ1) is 10.3. The smallest absolute Gasteiger partial charge is 0.317 e. The molecule has 2 amide bonds. The van der Waals surface area contributed by atoms with Gasteiger partial charge in [0.05, 0.1) is 6.54 Å². The number of hydrogen-bond donors (Lipinski definition) is 1. The van der Waals surface area contributed by atoms with Crippen molar-refractivity contribution >= 4 is 6.03 Å². The topological polar surface area (TPSA) is 50.8 Å². The number of benzene rings is 1. The van der Waals surface area contributed by atoms with E-state index in [2.05, 4.69) is 5.32 Å². The SMILES string of the molecule is O=C(NCC1COc2ccccc2O1)N1CCCCCC1. The molecule has 3 rings (SSSR count). The summed E-state index contributed by atoms with van der Waals surface area (Å²) in [6, 6.07) is 7.63. The number of likely N-dealkylation sites (tertiary alicyclic amines) is 1. The lowest BCUT2D eigenvalue weighted by atomic mass is 10.2. The number of rotatable bonds is 2. The van der Waals surface area contributed by atoms with Crippen molar-refractivity contribution in [1.82, 2.24) is 10.2 Å². The van der Waals surface area contributed by atoms with E-state index in [9.17, 15) is 4.79 Å². The summed E-state index contributed by atoms with van der Waals surface area (Å²) in [5, 5.41) is 2.96. The number of fused-ring (bicyclic) bond motifs is 1. The highest BCUT2D eigenvalue weighted by Gasteiger charge is 2.22. The second-order valence-corrected chi connectivity index (χ2v) is 5.58. The minimum Gasteiger partial charge on any atom is -0.486 e. The number of nitrogens with one attached hydrogen (secondary N) is 1. The summed E-state index contributed by atoms with van der Waals surface area (Å²) < 4.78 is 11.5. The summed E-state index contributed by atoms with van der Waals surface area (Å²) in [5.41, 5.74) is 0. The van der Waals surface area contributed by atoms with Gasteiger partial charge in [-0.3, -0.25) is 0 Å². The Balaban J connectivity index is 1.48. The first-order valence-electron chi connectivity index (χ1n) is 7.74. The maximum Gasteiger partial charge on any atom is 0.317 e. The standard InChI is InChI=1S/C16H22N2O3/c19-16(18-9-5-1-2-6-10-18)17-11-13-12-20-14-7-3-4-8-15(14)21-13/h3-4,7-8,13H,1-2,5-6,9-12H2,(H,17,19). The van der Waals surface area contributed by atoms with Crippen molar-refractivity contribution < 1.29 is 14.3 Å². The van der Waals surface area contributed by atoms with Crippen LogP contribution in [0.1, 0.15) is 25.7 Å². The Bertz CT molecular complexity index is 484. The predicted octanol–water partition coefficient (Wildman–Crippen LogP) is 2.41. The van der Waals surface area contributed by atoms with E-state index in [1.54, 1.807) is 0 Å². The molecule has 2 heterocycles. The molecule has 1 unspecified atom stereocenters. The summed E-state index contributed by atoms with van der Waals surface area (Å²) in [4.78, 5) is 14.1. The van der Waals surface area contributed by atoms with E-state index in [0.29, 0.717) is 13.2 Å². The Labute approximate surface area is 125 Å². The lowest BCUT2D eigenvalue weighted by molar-refractivity contribution is 0.0901. The highest BCUT2D eigenvalue weighted by atomic mass is 16.6. The lowest BCUT2D eigenvalue weighted by Gasteiger charge is -2.28. The van der Waals surface area contributed by atoms with E-state index in [-0.39, 0.29) is 12.1 Å². The quantitative estimate of drug-likeness (QED) is 0.910. The third-order valence-corrected chi connectivity index (χ3v) is 3.94. The molecule has 114 valence electrons. The van der Waals surface area contributed by atoms with Crippen molar-refractivity contribution in [2.75, 3.05) is 26.2 Å². The second kappa shape index (κ2) is 6.70. The zero-order valence-corrected chi connectivity index (χ0v) is 12.2. The molecule has 5 heteroatoms. The molecule has 1 aromatic rings. The van der Waals surface area contributed by atoms with Gasteiger partial charge in [-0.2, -0.15) is 0 Å². The van der Waals surface area contributed by atoms with Gasteiger partial charge in [-0.25, -0.2) is 4.79 Å². The molecule has 1 N–H and O–H groups in total. The molecule has 0 aromatic heterocycles. The monoisotopic (exact) mass is 290 g/mol. The highest BCUT2D eigenvalue weighted by molar-refractivity contribution is 5.74. The van der Waals surface area contributed by atoms with Crippen LogP contribution in [0.3, 0.4) is 0 Å². The number of amides is 2. The molecule has 1 saturated heterocycles. The molecule has 1 aromatic carbocycles. The Kier molecular flexibility index (Phi) is 4.48. The van der Waals surface area contributed by atoms with E-state index in [1.165, 1.54) is 12.8 Å². The molecule has 5 nitrogen and oxygen atoms in total. The normalized spacial score (nSPS) is 21.5. The van der Waals surface area contributed by atoms with Crippen LogP contribution in [-0.2, 0) is 0 Å². The van der Waals surface area contributed by atoms with Crippen LogP contribution in [0, 0.1) is 0 Å². The van der Waals surface area contributed by atoms with E-state index >= 15 is 0 Å².